The van der Waals surface area contributed by atoms with Gasteiger partial charge >= 0.3 is 0 Å². The van der Waals surface area contributed by atoms with Gasteiger partial charge in [0.15, 0.2) is 0 Å². The van der Waals surface area contributed by atoms with Crippen molar-refractivity contribution >= 4 is 0 Å². The van der Waals surface area contributed by atoms with Gasteiger partial charge in [-0.25, -0.2) is 0 Å². The summed E-state index contributed by atoms with van der Waals surface area (Å²) in [4.78, 5) is 2.30. The lowest BCUT2D eigenvalue weighted by Crippen LogP contribution is -2.48. The van der Waals surface area contributed by atoms with Gasteiger partial charge in [-0.1, -0.05) is 0 Å². The van der Waals surface area contributed by atoms with Crippen LogP contribution in [0.15, 0.2) is 0 Å². The molecule has 5 heteroatoms. The largest absolute Gasteiger partial charge is 0.383 e. The molecule has 2 aliphatic rings. The first-order valence-electron chi connectivity index (χ1n) is 7.37. The Kier molecular flexibility index (Phi) is 6.04. The average molecular weight is 272 g/mol. The molecule has 1 N–H and O–H groups in total. The summed E-state index contributed by atoms with van der Waals surface area (Å²) in [5.41, 5.74) is 0.0118. The van der Waals surface area contributed by atoms with Crippen LogP contribution in [-0.4, -0.2) is 76.8 Å². The van der Waals surface area contributed by atoms with Crippen LogP contribution in [0.2, 0.25) is 0 Å². The van der Waals surface area contributed by atoms with Crippen LogP contribution >= 0.6 is 0 Å². The molecule has 2 fully saturated rings. The molecule has 2 atom stereocenters. The minimum atomic E-state index is 0.0118. The topological polar surface area (TPSA) is 43.0 Å². The van der Waals surface area contributed by atoms with Gasteiger partial charge in [-0.3, -0.25) is 0 Å². The van der Waals surface area contributed by atoms with E-state index >= 15 is 0 Å². The van der Waals surface area contributed by atoms with Crippen LogP contribution in [0.3, 0.4) is 0 Å². The molecule has 2 unspecified atom stereocenters. The standard InChI is InChI=1S/C14H28N2O3/c1-16(7-10-17-2)6-5-15-13-3-8-19-14(11-13)4-9-18-12-14/h13,15H,3-12H2,1-2H3. The van der Waals surface area contributed by atoms with Crippen molar-refractivity contribution in [2.45, 2.75) is 30.9 Å². The Morgan fingerprint density at radius 1 is 1.37 bits per heavy atom. The highest BCUT2D eigenvalue weighted by atomic mass is 16.6. The van der Waals surface area contributed by atoms with Gasteiger partial charge in [0, 0.05) is 52.4 Å². The van der Waals surface area contributed by atoms with Gasteiger partial charge in [-0.05, 0) is 19.9 Å². The molecule has 0 aromatic heterocycles. The second kappa shape index (κ2) is 7.55. The SMILES string of the molecule is COCCN(C)CCNC1CCOC2(CCOC2)C1. The molecule has 1 spiro atoms. The van der Waals surface area contributed by atoms with E-state index in [4.69, 9.17) is 14.2 Å². The zero-order valence-electron chi connectivity index (χ0n) is 12.3. The first kappa shape index (κ1) is 15.2. The van der Waals surface area contributed by atoms with Crippen molar-refractivity contribution in [1.29, 1.82) is 0 Å². The van der Waals surface area contributed by atoms with Crippen LogP contribution in [-0.2, 0) is 14.2 Å². The number of nitrogens with zero attached hydrogens (tertiary/aromatic N) is 1. The zero-order chi connectivity index (χ0) is 13.6. The Morgan fingerprint density at radius 3 is 3.00 bits per heavy atom. The van der Waals surface area contributed by atoms with Crippen LogP contribution in [0.4, 0.5) is 0 Å². The fourth-order valence-corrected chi connectivity index (χ4v) is 2.88. The fraction of sp³-hybridized carbons (Fsp3) is 1.00. The number of ether oxygens (including phenoxy) is 3. The molecule has 0 saturated carbocycles. The highest BCUT2D eigenvalue weighted by molar-refractivity contribution is 4.92. The Bertz CT molecular complexity index is 257. The van der Waals surface area contributed by atoms with Crippen molar-refractivity contribution < 1.29 is 14.2 Å². The maximum absolute atomic E-state index is 5.95. The molecule has 2 heterocycles. The number of nitrogens with one attached hydrogen (secondary N) is 1. The summed E-state index contributed by atoms with van der Waals surface area (Å²) >= 11 is 0. The van der Waals surface area contributed by atoms with Gasteiger partial charge in [-0.15, -0.1) is 0 Å². The monoisotopic (exact) mass is 272 g/mol. The second-order valence-corrected chi connectivity index (χ2v) is 5.77. The molecule has 0 amide bonds. The van der Waals surface area contributed by atoms with Crippen molar-refractivity contribution in [1.82, 2.24) is 10.2 Å². The van der Waals surface area contributed by atoms with Gasteiger partial charge in [0.05, 0.1) is 18.8 Å². The molecule has 19 heavy (non-hydrogen) atoms. The Hall–Kier alpha value is -0.200. The Morgan fingerprint density at radius 2 is 2.26 bits per heavy atom. The van der Waals surface area contributed by atoms with Crippen LogP contribution in [0.5, 0.6) is 0 Å². The number of hydrogen-bond acceptors (Lipinski definition) is 5. The summed E-state index contributed by atoms with van der Waals surface area (Å²) in [6.07, 6.45) is 3.26. The van der Waals surface area contributed by atoms with Crippen molar-refractivity contribution in [2.24, 2.45) is 0 Å². The van der Waals surface area contributed by atoms with E-state index in [0.717, 1.165) is 65.3 Å². The lowest BCUT2D eigenvalue weighted by Gasteiger charge is -2.37. The van der Waals surface area contributed by atoms with Crippen LogP contribution in [0.1, 0.15) is 19.3 Å². The van der Waals surface area contributed by atoms with E-state index in [1.165, 1.54) is 0 Å². The van der Waals surface area contributed by atoms with Crippen LogP contribution in [0.25, 0.3) is 0 Å². The zero-order valence-corrected chi connectivity index (χ0v) is 12.3. The molecule has 0 radical (unpaired) electrons. The summed E-state index contributed by atoms with van der Waals surface area (Å²) < 4.78 is 16.5. The first-order chi connectivity index (χ1) is 9.24. The predicted octanol–water partition coefficient (Wildman–Crippen LogP) is 0.492. The van der Waals surface area contributed by atoms with Crippen LogP contribution in [0, 0.1) is 0 Å². The van der Waals surface area contributed by atoms with E-state index in [0.29, 0.717) is 6.04 Å². The van der Waals surface area contributed by atoms with E-state index in [2.05, 4.69) is 17.3 Å². The highest BCUT2D eigenvalue weighted by Crippen LogP contribution is 2.32. The second-order valence-electron chi connectivity index (χ2n) is 5.77. The maximum atomic E-state index is 5.95. The van der Waals surface area contributed by atoms with E-state index in [9.17, 15) is 0 Å². The molecule has 0 aromatic carbocycles. The average Bonchev–Trinajstić information content (AvgIpc) is 2.84. The molecule has 0 aliphatic carbocycles. The minimum absolute atomic E-state index is 0.0118. The normalized spacial score (nSPS) is 31.4. The molecular weight excluding hydrogens is 244 g/mol. The molecule has 2 saturated heterocycles. The van der Waals surface area contributed by atoms with Gasteiger partial charge in [-0.2, -0.15) is 0 Å². The molecule has 0 aromatic rings. The van der Waals surface area contributed by atoms with Crippen LogP contribution < -0.4 is 5.32 Å². The van der Waals surface area contributed by atoms with Gasteiger partial charge in [0.25, 0.3) is 0 Å². The first-order valence-corrected chi connectivity index (χ1v) is 7.37. The van der Waals surface area contributed by atoms with E-state index in [1.54, 1.807) is 7.11 Å². The van der Waals surface area contributed by atoms with Crippen molar-refractivity contribution in [2.75, 3.05) is 60.2 Å². The van der Waals surface area contributed by atoms with Crippen molar-refractivity contribution in [3.05, 3.63) is 0 Å². The highest BCUT2D eigenvalue weighted by Gasteiger charge is 2.40. The summed E-state index contributed by atoms with van der Waals surface area (Å²) in [7, 11) is 3.88. The van der Waals surface area contributed by atoms with Gasteiger partial charge in [0.1, 0.15) is 0 Å². The fourth-order valence-electron chi connectivity index (χ4n) is 2.88. The maximum Gasteiger partial charge on any atom is 0.0951 e. The quantitative estimate of drug-likeness (QED) is 0.731. The van der Waals surface area contributed by atoms with Gasteiger partial charge < -0.3 is 24.4 Å². The lowest BCUT2D eigenvalue weighted by atomic mass is 9.90. The van der Waals surface area contributed by atoms with E-state index in [1.807, 2.05) is 0 Å². The van der Waals surface area contributed by atoms with Crippen molar-refractivity contribution in [3.63, 3.8) is 0 Å². The molecular formula is C14H28N2O3. The smallest absolute Gasteiger partial charge is 0.0951 e. The summed E-state index contributed by atoms with van der Waals surface area (Å²) in [6.45, 7) is 6.37. The minimum Gasteiger partial charge on any atom is -0.383 e. The number of methoxy groups -OCH3 is 1. The number of rotatable bonds is 7. The molecule has 5 nitrogen and oxygen atoms in total. The predicted molar refractivity (Wildman–Crippen MR) is 74.5 cm³/mol. The van der Waals surface area contributed by atoms with Crippen molar-refractivity contribution in [3.8, 4) is 0 Å². The number of likely N-dealkylation sites (N-methyl/N-ethyl adjacent to an activating group) is 1. The van der Waals surface area contributed by atoms with E-state index in [-0.39, 0.29) is 5.60 Å². The third-order valence-electron chi connectivity index (χ3n) is 4.16. The third kappa shape index (κ3) is 4.68. The lowest BCUT2D eigenvalue weighted by molar-refractivity contribution is -0.0893. The third-order valence-corrected chi connectivity index (χ3v) is 4.16. The summed E-state index contributed by atoms with van der Waals surface area (Å²) in [5.74, 6) is 0. The number of hydrogen-bond donors (Lipinski definition) is 1. The molecule has 112 valence electrons. The molecule has 2 rings (SSSR count). The molecule has 2 aliphatic heterocycles. The van der Waals surface area contributed by atoms with E-state index < -0.39 is 0 Å². The molecule has 0 bridgehead atoms. The summed E-state index contributed by atoms with van der Waals surface area (Å²) in [6, 6.07) is 0.575. The Labute approximate surface area is 116 Å². The summed E-state index contributed by atoms with van der Waals surface area (Å²) in [5, 5.41) is 3.66. The van der Waals surface area contributed by atoms with Gasteiger partial charge in [0.2, 0.25) is 0 Å². The Balaban J connectivity index is 1.63.